The second kappa shape index (κ2) is 5.39. The summed E-state index contributed by atoms with van der Waals surface area (Å²) in [5, 5.41) is 0. The number of carbonyl (C=O) groups excluding carboxylic acids is 1. The highest BCUT2D eigenvalue weighted by atomic mass is 16.2. The summed E-state index contributed by atoms with van der Waals surface area (Å²) in [5.74, 6) is -0.0548. The molecule has 6 nitrogen and oxygen atoms in total. The van der Waals surface area contributed by atoms with Crippen LogP contribution in [0.3, 0.4) is 0 Å². The molecule has 0 spiro atoms. The van der Waals surface area contributed by atoms with Crippen LogP contribution in [0.5, 0.6) is 0 Å². The average Bonchev–Trinajstić information content (AvgIpc) is 3.23. The number of hydrogen-bond acceptors (Lipinski definition) is 3. The second-order valence-electron chi connectivity index (χ2n) is 5.70. The van der Waals surface area contributed by atoms with E-state index in [1.54, 1.807) is 12.3 Å². The Kier molecular flexibility index (Phi) is 3.22. The number of aromatic amines is 1. The van der Waals surface area contributed by atoms with Crippen molar-refractivity contribution in [3.63, 3.8) is 0 Å². The van der Waals surface area contributed by atoms with Crippen LogP contribution in [0.25, 0.3) is 5.65 Å². The Morgan fingerprint density at radius 1 is 1.26 bits per heavy atom. The summed E-state index contributed by atoms with van der Waals surface area (Å²) in [5.41, 5.74) is 2.25. The number of carbonyl (C=O) groups is 1. The topological polar surface area (TPSA) is 70.5 Å². The van der Waals surface area contributed by atoms with Crippen LogP contribution in [-0.2, 0) is 0 Å². The number of pyridine rings is 2. The standard InChI is InChI=1S/C17H16N4O2/c22-16-7-6-12(11-19-16)17(23)21-9-2-4-14(21)13-3-1-5-15-18-8-10-20(13)15/h1,3,5-8,10-11,14H,2,4,9H2,(H,19,22)/t14-/m1/s1. The van der Waals surface area contributed by atoms with E-state index in [-0.39, 0.29) is 17.5 Å². The third kappa shape index (κ3) is 2.32. The molecule has 6 heteroatoms. The van der Waals surface area contributed by atoms with Gasteiger partial charge in [-0.25, -0.2) is 4.98 Å². The fourth-order valence-electron chi connectivity index (χ4n) is 3.27. The van der Waals surface area contributed by atoms with Crippen LogP contribution >= 0.6 is 0 Å². The molecule has 1 N–H and O–H groups in total. The molecule has 1 amide bonds. The Morgan fingerprint density at radius 3 is 3.00 bits per heavy atom. The molecule has 0 saturated carbocycles. The first-order chi connectivity index (χ1) is 11.2. The number of rotatable bonds is 2. The van der Waals surface area contributed by atoms with Gasteiger partial charge in [0.2, 0.25) is 5.56 Å². The lowest BCUT2D eigenvalue weighted by Gasteiger charge is -2.25. The fourth-order valence-corrected chi connectivity index (χ4v) is 3.27. The molecule has 23 heavy (non-hydrogen) atoms. The molecule has 116 valence electrons. The van der Waals surface area contributed by atoms with Gasteiger partial charge >= 0.3 is 0 Å². The van der Waals surface area contributed by atoms with Gasteiger partial charge in [0.15, 0.2) is 0 Å². The van der Waals surface area contributed by atoms with E-state index in [0.717, 1.165) is 24.2 Å². The van der Waals surface area contributed by atoms with Gasteiger partial charge < -0.3 is 14.3 Å². The molecule has 0 radical (unpaired) electrons. The number of hydrogen-bond donors (Lipinski definition) is 1. The first-order valence-electron chi connectivity index (χ1n) is 7.66. The smallest absolute Gasteiger partial charge is 0.255 e. The van der Waals surface area contributed by atoms with Crippen molar-refractivity contribution in [2.45, 2.75) is 18.9 Å². The van der Waals surface area contributed by atoms with E-state index in [9.17, 15) is 9.59 Å². The number of amides is 1. The largest absolute Gasteiger partial charge is 0.330 e. The molecular weight excluding hydrogens is 292 g/mol. The summed E-state index contributed by atoms with van der Waals surface area (Å²) in [6, 6.07) is 8.94. The van der Waals surface area contributed by atoms with Crippen molar-refractivity contribution >= 4 is 11.6 Å². The molecule has 1 aliphatic rings. The zero-order valence-corrected chi connectivity index (χ0v) is 12.5. The Labute approximate surface area is 132 Å². The molecule has 4 heterocycles. The van der Waals surface area contributed by atoms with Crippen LogP contribution in [0.15, 0.2) is 53.7 Å². The maximum absolute atomic E-state index is 12.8. The van der Waals surface area contributed by atoms with Crippen molar-refractivity contribution in [1.29, 1.82) is 0 Å². The van der Waals surface area contributed by atoms with E-state index in [1.165, 1.54) is 12.3 Å². The maximum atomic E-state index is 12.8. The van der Waals surface area contributed by atoms with E-state index in [1.807, 2.05) is 33.7 Å². The SMILES string of the molecule is O=C(c1ccc(=O)[nH]c1)N1CCC[C@@H]1c1cccc2nccn12. The molecule has 0 unspecified atom stereocenters. The molecule has 0 aliphatic carbocycles. The molecule has 0 bridgehead atoms. The van der Waals surface area contributed by atoms with E-state index in [2.05, 4.69) is 9.97 Å². The van der Waals surface area contributed by atoms with Gasteiger partial charge in [-0.05, 0) is 31.0 Å². The third-order valence-electron chi connectivity index (χ3n) is 4.35. The van der Waals surface area contributed by atoms with Crippen molar-refractivity contribution in [1.82, 2.24) is 19.3 Å². The van der Waals surface area contributed by atoms with Gasteiger partial charge in [-0.1, -0.05) is 6.07 Å². The summed E-state index contributed by atoms with van der Waals surface area (Å²) in [4.78, 5) is 32.7. The van der Waals surface area contributed by atoms with Crippen molar-refractivity contribution in [2.75, 3.05) is 6.54 Å². The molecule has 1 fully saturated rings. The van der Waals surface area contributed by atoms with Gasteiger partial charge in [-0.15, -0.1) is 0 Å². The first-order valence-corrected chi connectivity index (χ1v) is 7.66. The molecule has 3 aromatic rings. The lowest BCUT2D eigenvalue weighted by molar-refractivity contribution is 0.0731. The average molecular weight is 308 g/mol. The van der Waals surface area contributed by atoms with Crippen LogP contribution in [-0.4, -0.2) is 31.7 Å². The van der Waals surface area contributed by atoms with Crippen molar-refractivity contribution in [2.24, 2.45) is 0 Å². The normalized spacial score (nSPS) is 17.7. The van der Waals surface area contributed by atoms with E-state index in [4.69, 9.17) is 0 Å². The van der Waals surface area contributed by atoms with Crippen molar-refractivity contribution in [3.05, 3.63) is 70.5 Å². The summed E-state index contributed by atoms with van der Waals surface area (Å²) < 4.78 is 2.03. The Hall–Kier alpha value is -2.89. The fraction of sp³-hybridized carbons (Fsp3) is 0.235. The number of aromatic nitrogens is 3. The minimum absolute atomic E-state index is 0.0207. The first kappa shape index (κ1) is 13.8. The summed E-state index contributed by atoms with van der Waals surface area (Å²) in [6.45, 7) is 0.716. The van der Waals surface area contributed by atoms with Gasteiger partial charge in [0.1, 0.15) is 5.65 Å². The Bertz CT molecular complexity index is 907. The molecule has 1 saturated heterocycles. The highest BCUT2D eigenvalue weighted by molar-refractivity contribution is 5.94. The van der Waals surface area contributed by atoms with Gasteiger partial charge in [-0.3, -0.25) is 9.59 Å². The van der Waals surface area contributed by atoms with Crippen LogP contribution in [0.2, 0.25) is 0 Å². The molecule has 0 aromatic carbocycles. The van der Waals surface area contributed by atoms with Crippen LogP contribution < -0.4 is 5.56 Å². The molecule has 4 rings (SSSR count). The Morgan fingerprint density at radius 2 is 2.17 bits per heavy atom. The maximum Gasteiger partial charge on any atom is 0.255 e. The lowest BCUT2D eigenvalue weighted by Crippen LogP contribution is -2.31. The molecule has 1 aliphatic heterocycles. The molecule has 1 atom stereocenters. The summed E-state index contributed by atoms with van der Waals surface area (Å²) >= 11 is 0. The molecule has 3 aromatic heterocycles. The van der Waals surface area contributed by atoms with Gasteiger partial charge in [0.05, 0.1) is 11.6 Å². The quantitative estimate of drug-likeness (QED) is 0.787. The number of fused-ring (bicyclic) bond motifs is 1. The van der Waals surface area contributed by atoms with Crippen LogP contribution in [0, 0.1) is 0 Å². The number of nitrogens with one attached hydrogen (secondary N) is 1. The number of nitrogens with zero attached hydrogens (tertiary/aromatic N) is 3. The van der Waals surface area contributed by atoms with Gasteiger partial charge in [0.25, 0.3) is 5.91 Å². The lowest BCUT2D eigenvalue weighted by atomic mass is 10.1. The highest BCUT2D eigenvalue weighted by Gasteiger charge is 2.32. The minimum atomic E-state index is -0.206. The summed E-state index contributed by atoms with van der Waals surface area (Å²) in [7, 11) is 0. The Balaban J connectivity index is 1.71. The van der Waals surface area contributed by atoms with E-state index >= 15 is 0 Å². The van der Waals surface area contributed by atoms with E-state index in [0.29, 0.717) is 12.1 Å². The highest BCUT2D eigenvalue weighted by Crippen LogP contribution is 2.33. The number of H-pyrrole nitrogens is 1. The summed E-state index contributed by atoms with van der Waals surface area (Å²) in [6.07, 6.45) is 7.06. The van der Waals surface area contributed by atoms with Crippen LogP contribution in [0.1, 0.15) is 34.9 Å². The van der Waals surface area contributed by atoms with E-state index < -0.39 is 0 Å². The number of likely N-dealkylation sites (tertiary alicyclic amines) is 1. The zero-order valence-electron chi connectivity index (χ0n) is 12.5. The monoisotopic (exact) mass is 308 g/mol. The predicted octanol–water partition coefficient (Wildman–Crippen LogP) is 2.00. The van der Waals surface area contributed by atoms with Crippen molar-refractivity contribution in [3.8, 4) is 0 Å². The third-order valence-corrected chi connectivity index (χ3v) is 4.35. The number of imidazole rings is 1. The molecular formula is C17H16N4O2. The van der Waals surface area contributed by atoms with Crippen molar-refractivity contribution < 1.29 is 4.79 Å². The minimum Gasteiger partial charge on any atom is -0.330 e. The van der Waals surface area contributed by atoms with Crippen LogP contribution in [0.4, 0.5) is 0 Å². The van der Waals surface area contributed by atoms with Gasteiger partial charge in [-0.2, -0.15) is 0 Å². The zero-order chi connectivity index (χ0) is 15.8. The van der Waals surface area contributed by atoms with Gasteiger partial charge in [0, 0.05) is 36.9 Å². The second-order valence-corrected chi connectivity index (χ2v) is 5.70. The predicted molar refractivity (Wildman–Crippen MR) is 85.3 cm³/mol.